The number of pyridine rings is 1. The second-order valence-electron chi connectivity index (χ2n) is 17.2. The van der Waals surface area contributed by atoms with Crippen LogP contribution in [-0.2, 0) is 0 Å². The molecular formula is C56H42B5N5. The molecule has 0 saturated carbocycles. The van der Waals surface area contributed by atoms with E-state index in [9.17, 15) is 0 Å². The molecule has 0 atom stereocenters. The van der Waals surface area contributed by atoms with Crippen molar-refractivity contribution in [2.45, 2.75) is 0 Å². The van der Waals surface area contributed by atoms with E-state index in [0.29, 0.717) is 17.5 Å². The number of hydrogen-bond acceptors (Lipinski definition) is 4. The Morgan fingerprint density at radius 2 is 0.773 bits per heavy atom. The molecule has 8 aromatic carbocycles. The van der Waals surface area contributed by atoms with Crippen LogP contribution < -0.4 is 27.3 Å². The SMILES string of the molecule is Bc1c(B)c(B)c(-c2cc(-c3ccccc3)nc(-c3ccc(-n4c5ccccc5c5ccc(-c6ccccc6)cc54)c(-c4nc(-c5ccccc5)nc(-c5ccccc5)n4)c3)c2)c(B)c1B. The minimum Gasteiger partial charge on any atom is -0.308 e. The van der Waals surface area contributed by atoms with E-state index in [4.69, 9.17) is 19.9 Å². The molecule has 0 unspecified atom stereocenters. The van der Waals surface area contributed by atoms with Gasteiger partial charge in [0.1, 0.15) is 39.2 Å². The Morgan fingerprint density at radius 1 is 0.303 bits per heavy atom. The normalized spacial score (nSPS) is 11.3. The van der Waals surface area contributed by atoms with Gasteiger partial charge in [0.15, 0.2) is 17.5 Å². The maximum atomic E-state index is 5.46. The second-order valence-corrected chi connectivity index (χ2v) is 17.2. The van der Waals surface area contributed by atoms with Crippen LogP contribution in [0.3, 0.4) is 0 Å². The molecule has 306 valence electrons. The van der Waals surface area contributed by atoms with Gasteiger partial charge in [0, 0.05) is 38.6 Å². The quantitative estimate of drug-likeness (QED) is 0.195. The van der Waals surface area contributed by atoms with E-state index in [0.717, 1.165) is 72.6 Å². The zero-order valence-electron chi connectivity index (χ0n) is 37.7. The van der Waals surface area contributed by atoms with Gasteiger partial charge in [-0.3, -0.25) is 0 Å². The van der Waals surface area contributed by atoms with Gasteiger partial charge in [0.25, 0.3) is 0 Å². The molecule has 0 amide bonds. The predicted molar refractivity (Wildman–Crippen MR) is 291 cm³/mol. The summed E-state index contributed by atoms with van der Waals surface area (Å²) in [6.45, 7) is 0. The number of rotatable bonds is 8. The van der Waals surface area contributed by atoms with Crippen LogP contribution in [-0.4, -0.2) is 63.7 Å². The van der Waals surface area contributed by atoms with Crippen LogP contribution in [0.4, 0.5) is 0 Å². The van der Waals surface area contributed by atoms with E-state index in [1.54, 1.807) is 0 Å². The van der Waals surface area contributed by atoms with Crippen molar-refractivity contribution in [1.82, 2.24) is 24.5 Å². The number of benzene rings is 8. The zero-order valence-corrected chi connectivity index (χ0v) is 37.7. The number of nitrogens with zero attached hydrogens (tertiary/aromatic N) is 5. The lowest BCUT2D eigenvalue weighted by Gasteiger charge is -2.21. The summed E-state index contributed by atoms with van der Waals surface area (Å²) in [5.41, 5.74) is 20.9. The fraction of sp³-hybridized carbons (Fsp3) is 0. The molecule has 66 heavy (non-hydrogen) atoms. The Hall–Kier alpha value is -7.96. The van der Waals surface area contributed by atoms with Gasteiger partial charge in [0.2, 0.25) is 0 Å². The molecular weight excluding hydrogens is 797 g/mol. The Labute approximate surface area is 389 Å². The largest absolute Gasteiger partial charge is 0.308 e. The maximum absolute atomic E-state index is 5.46. The van der Waals surface area contributed by atoms with Crippen molar-refractivity contribution in [3.05, 3.63) is 194 Å². The van der Waals surface area contributed by atoms with Crippen molar-refractivity contribution in [1.29, 1.82) is 0 Å². The highest BCUT2D eigenvalue weighted by molar-refractivity contribution is 6.68. The van der Waals surface area contributed by atoms with Crippen LogP contribution in [0.15, 0.2) is 194 Å². The Kier molecular flexibility index (Phi) is 10.4. The predicted octanol–water partition coefficient (Wildman–Crippen LogP) is 5.32. The first-order valence-electron chi connectivity index (χ1n) is 22.6. The summed E-state index contributed by atoms with van der Waals surface area (Å²) in [6, 6.07) is 68.1. The highest BCUT2D eigenvalue weighted by atomic mass is 15.1. The van der Waals surface area contributed by atoms with Crippen LogP contribution in [0, 0.1) is 0 Å². The summed E-state index contributed by atoms with van der Waals surface area (Å²) in [5.74, 6) is 1.78. The van der Waals surface area contributed by atoms with Crippen LogP contribution in [0.25, 0.3) is 106 Å². The lowest BCUT2D eigenvalue weighted by atomic mass is 9.59. The van der Waals surface area contributed by atoms with E-state index in [1.165, 1.54) is 43.6 Å². The van der Waals surface area contributed by atoms with Crippen molar-refractivity contribution in [3.63, 3.8) is 0 Å². The number of para-hydroxylation sites is 1. The highest BCUT2D eigenvalue weighted by Crippen LogP contribution is 2.40. The van der Waals surface area contributed by atoms with Crippen molar-refractivity contribution >= 4 is 88.4 Å². The van der Waals surface area contributed by atoms with Crippen molar-refractivity contribution in [2.24, 2.45) is 0 Å². The third-order valence-corrected chi connectivity index (χ3v) is 13.4. The van der Waals surface area contributed by atoms with Crippen LogP contribution >= 0.6 is 0 Å². The first-order chi connectivity index (χ1) is 32.3. The van der Waals surface area contributed by atoms with Crippen molar-refractivity contribution in [3.8, 4) is 84.6 Å². The summed E-state index contributed by atoms with van der Waals surface area (Å²) in [6.07, 6.45) is 0. The average molecular weight is 839 g/mol. The molecule has 3 heterocycles. The zero-order chi connectivity index (χ0) is 44.9. The molecule has 10 heteroatoms. The van der Waals surface area contributed by atoms with Gasteiger partial charge in [0.05, 0.1) is 28.1 Å². The van der Waals surface area contributed by atoms with E-state index < -0.39 is 0 Å². The molecule has 0 fully saturated rings. The molecule has 0 aliphatic heterocycles. The topological polar surface area (TPSA) is 56.5 Å². The molecule has 0 N–H and O–H groups in total. The van der Waals surface area contributed by atoms with E-state index in [1.807, 2.05) is 36.4 Å². The standard InChI is InChI=1S/C56H42B5N5/c57-49-48(50(58)52(60)53(61)51(49)59)39-30-43(34-17-7-2-8-18-34)62-44(31-39)38-26-28-46(66-45-24-14-13-23-40(45)41-27-25-37(32-47(41)66)33-15-5-1-6-16-33)42(29-38)56-64-54(35-19-9-3-10-20-35)63-55(65-56)36-21-11-4-12-22-36/h1-32H,57-61H2. The van der Waals surface area contributed by atoms with E-state index in [2.05, 4.69) is 202 Å². The minimum atomic E-state index is 0.570. The maximum Gasteiger partial charge on any atom is 0.166 e. The lowest BCUT2D eigenvalue weighted by Crippen LogP contribution is -2.55. The molecule has 0 radical (unpaired) electrons. The molecule has 0 aliphatic carbocycles. The van der Waals surface area contributed by atoms with Crippen LogP contribution in [0.1, 0.15) is 0 Å². The molecule has 11 aromatic rings. The molecule has 5 nitrogen and oxygen atoms in total. The number of aromatic nitrogens is 5. The minimum absolute atomic E-state index is 0.570. The summed E-state index contributed by atoms with van der Waals surface area (Å²) < 4.78 is 2.38. The molecule has 11 rings (SSSR count). The van der Waals surface area contributed by atoms with E-state index >= 15 is 0 Å². The Balaban J connectivity index is 1.22. The van der Waals surface area contributed by atoms with Gasteiger partial charge in [-0.25, -0.2) is 19.9 Å². The molecule has 0 saturated heterocycles. The molecule has 0 aliphatic rings. The lowest BCUT2D eigenvalue weighted by molar-refractivity contribution is 1.06. The monoisotopic (exact) mass is 839 g/mol. The average Bonchev–Trinajstić information content (AvgIpc) is 3.71. The fourth-order valence-corrected chi connectivity index (χ4v) is 9.55. The Morgan fingerprint density at radius 3 is 1.38 bits per heavy atom. The summed E-state index contributed by atoms with van der Waals surface area (Å²) in [4.78, 5) is 21.3. The number of fused-ring (bicyclic) bond motifs is 3. The van der Waals surface area contributed by atoms with Gasteiger partial charge in [-0.05, 0) is 58.7 Å². The molecule has 3 aromatic heterocycles. The van der Waals surface area contributed by atoms with Gasteiger partial charge >= 0.3 is 0 Å². The van der Waals surface area contributed by atoms with Crippen LogP contribution in [0.2, 0.25) is 0 Å². The fourth-order valence-electron chi connectivity index (χ4n) is 9.55. The van der Waals surface area contributed by atoms with Crippen LogP contribution in [0.5, 0.6) is 0 Å². The third-order valence-electron chi connectivity index (χ3n) is 13.4. The summed E-state index contributed by atoms with van der Waals surface area (Å²) >= 11 is 0. The van der Waals surface area contributed by atoms with Gasteiger partial charge < -0.3 is 4.57 Å². The van der Waals surface area contributed by atoms with Gasteiger partial charge in [-0.15, -0.1) is 16.4 Å². The smallest absolute Gasteiger partial charge is 0.166 e. The second kappa shape index (κ2) is 16.9. The summed E-state index contributed by atoms with van der Waals surface area (Å²) in [5, 5.41) is 2.34. The van der Waals surface area contributed by atoms with Gasteiger partial charge in [-0.2, -0.15) is 0 Å². The highest BCUT2D eigenvalue weighted by Gasteiger charge is 2.22. The van der Waals surface area contributed by atoms with Gasteiger partial charge in [-0.1, -0.05) is 169 Å². The molecule has 0 bridgehead atoms. The molecule has 0 spiro atoms. The third kappa shape index (κ3) is 7.25. The first-order valence-corrected chi connectivity index (χ1v) is 22.6. The van der Waals surface area contributed by atoms with Crippen molar-refractivity contribution in [2.75, 3.05) is 0 Å². The Bertz CT molecular complexity index is 3550. The van der Waals surface area contributed by atoms with E-state index in [-0.39, 0.29) is 0 Å². The van der Waals surface area contributed by atoms with Crippen molar-refractivity contribution < 1.29 is 0 Å². The summed E-state index contributed by atoms with van der Waals surface area (Å²) in [7, 11) is 11.2. The number of hydrogen-bond donors (Lipinski definition) is 0. The first kappa shape index (κ1) is 40.8.